The fraction of sp³-hybridized carbons (Fsp3) is 0.0870. The van der Waals surface area contributed by atoms with E-state index in [1.165, 1.54) is 23.9 Å². The van der Waals surface area contributed by atoms with Crippen molar-refractivity contribution in [3.05, 3.63) is 89.2 Å². The number of amides is 1. The highest BCUT2D eigenvalue weighted by atomic mass is 35.5. The third-order valence-electron chi connectivity index (χ3n) is 4.51. The molecule has 0 radical (unpaired) electrons. The van der Waals surface area contributed by atoms with Gasteiger partial charge in [-0.25, -0.2) is 4.39 Å². The van der Waals surface area contributed by atoms with E-state index < -0.39 is 5.82 Å². The number of nitrogens with zero attached hydrogens (tertiary/aromatic N) is 3. The Kier molecular flexibility index (Phi) is 6.34. The fourth-order valence-electron chi connectivity index (χ4n) is 2.95. The molecule has 1 aromatic heterocycles. The zero-order valence-corrected chi connectivity index (χ0v) is 18.1. The number of aromatic nitrogens is 3. The second kappa shape index (κ2) is 9.32. The van der Waals surface area contributed by atoms with Crippen LogP contribution < -0.4 is 5.32 Å². The Morgan fingerprint density at radius 2 is 1.74 bits per heavy atom. The van der Waals surface area contributed by atoms with Crippen molar-refractivity contribution in [2.45, 2.75) is 12.1 Å². The Labute approximate surface area is 188 Å². The molecule has 3 aromatic carbocycles. The van der Waals surface area contributed by atoms with Gasteiger partial charge in [-0.1, -0.05) is 53.2 Å². The molecule has 0 aliphatic carbocycles. The molecule has 1 heterocycles. The normalized spacial score (nSPS) is 10.8. The summed E-state index contributed by atoms with van der Waals surface area (Å²) in [7, 11) is 0. The molecule has 0 saturated heterocycles. The molecule has 1 amide bonds. The van der Waals surface area contributed by atoms with E-state index in [1.54, 1.807) is 24.3 Å². The van der Waals surface area contributed by atoms with Crippen molar-refractivity contribution in [2.24, 2.45) is 0 Å². The third kappa shape index (κ3) is 4.95. The van der Waals surface area contributed by atoms with Gasteiger partial charge in [0.05, 0.1) is 11.4 Å². The van der Waals surface area contributed by atoms with Crippen molar-refractivity contribution >= 4 is 35.0 Å². The number of halogens is 2. The lowest BCUT2D eigenvalue weighted by atomic mass is 10.2. The van der Waals surface area contributed by atoms with Crippen LogP contribution in [0.25, 0.3) is 17.1 Å². The molecular weight excluding hydrogens is 435 g/mol. The van der Waals surface area contributed by atoms with Crippen LogP contribution in [0.1, 0.15) is 5.56 Å². The van der Waals surface area contributed by atoms with Crippen LogP contribution >= 0.6 is 23.4 Å². The van der Waals surface area contributed by atoms with Crippen LogP contribution in [0.5, 0.6) is 0 Å². The summed E-state index contributed by atoms with van der Waals surface area (Å²) in [6, 6.07) is 21.3. The molecule has 4 aromatic rings. The number of para-hydroxylation sites is 1. The zero-order chi connectivity index (χ0) is 21.8. The standard InChI is InChI=1S/C23H18ClFN4OS/c1-15-6-12-18(13-7-15)29-22(16-8-10-17(24)11-9-16)27-28-23(29)31-14-21(30)26-20-5-3-2-4-19(20)25/h2-13H,14H2,1H3,(H,26,30). The first-order valence-corrected chi connectivity index (χ1v) is 10.8. The van der Waals surface area contributed by atoms with Crippen molar-refractivity contribution in [1.82, 2.24) is 14.8 Å². The molecule has 31 heavy (non-hydrogen) atoms. The van der Waals surface area contributed by atoms with Gasteiger partial charge in [0.25, 0.3) is 0 Å². The van der Waals surface area contributed by atoms with Crippen molar-refractivity contribution in [1.29, 1.82) is 0 Å². The molecule has 5 nitrogen and oxygen atoms in total. The van der Waals surface area contributed by atoms with Gasteiger partial charge in [0.15, 0.2) is 11.0 Å². The van der Waals surface area contributed by atoms with Crippen LogP contribution in [0, 0.1) is 12.7 Å². The van der Waals surface area contributed by atoms with E-state index >= 15 is 0 Å². The summed E-state index contributed by atoms with van der Waals surface area (Å²) >= 11 is 7.25. The summed E-state index contributed by atoms with van der Waals surface area (Å²) < 4.78 is 15.7. The number of thioether (sulfide) groups is 1. The van der Waals surface area contributed by atoms with E-state index in [9.17, 15) is 9.18 Å². The Bertz CT molecular complexity index is 1210. The minimum absolute atomic E-state index is 0.0545. The van der Waals surface area contributed by atoms with Gasteiger partial charge < -0.3 is 5.32 Å². The smallest absolute Gasteiger partial charge is 0.234 e. The Morgan fingerprint density at radius 3 is 2.45 bits per heavy atom. The maximum atomic E-state index is 13.8. The highest BCUT2D eigenvalue weighted by Crippen LogP contribution is 2.29. The Balaban J connectivity index is 1.61. The average Bonchev–Trinajstić information content (AvgIpc) is 3.19. The summed E-state index contributed by atoms with van der Waals surface area (Å²) in [5.74, 6) is -0.119. The molecule has 156 valence electrons. The van der Waals surface area contributed by atoms with Crippen LogP contribution in [0.15, 0.2) is 78.0 Å². The van der Waals surface area contributed by atoms with Gasteiger partial charge >= 0.3 is 0 Å². The minimum atomic E-state index is -0.478. The number of hydrogen-bond donors (Lipinski definition) is 1. The van der Waals surface area contributed by atoms with Gasteiger partial charge in [-0.05, 0) is 55.5 Å². The van der Waals surface area contributed by atoms with Crippen LogP contribution in [0.4, 0.5) is 10.1 Å². The molecule has 0 fully saturated rings. The summed E-state index contributed by atoms with van der Waals surface area (Å²) in [5.41, 5.74) is 3.00. The number of aryl methyl sites for hydroxylation is 1. The zero-order valence-electron chi connectivity index (χ0n) is 16.5. The van der Waals surface area contributed by atoms with Gasteiger partial charge in [-0.15, -0.1) is 10.2 Å². The fourth-order valence-corrected chi connectivity index (χ4v) is 3.83. The van der Waals surface area contributed by atoms with Crippen LogP contribution in [0.2, 0.25) is 5.02 Å². The molecule has 0 bridgehead atoms. The molecule has 0 aliphatic rings. The van der Waals surface area contributed by atoms with E-state index in [4.69, 9.17) is 11.6 Å². The van der Waals surface area contributed by atoms with Crippen molar-refractivity contribution in [2.75, 3.05) is 11.1 Å². The molecule has 0 atom stereocenters. The maximum Gasteiger partial charge on any atom is 0.234 e. The monoisotopic (exact) mass is 452 g/mol. The number of nitrogens with one attached hydrogen (secondary N) is 1. The van der Waals surface area contributed by atoms with E-state index in [-0.39, 0.29) is 17.3 Å². The number of hydrogen-bond acceptors (Lipinski definition) is 4. The summed E-state index contributed by atoms with van der Waals surface area (Å²) in [5, 5.41) is 12.4. The largest absolute Gasteiger partial charge is 0.323 e. The number of benzene rings is 3. The van der Waals surface area contributed by atoms with Crippen LogP contribution in [-0.4, -0.2) is 26.4 Å². The highest BCUT2D eigenvalue weighted by Gasteiger charge is 2.18. The Morgan fingerprint density at radius 1 is 1.03 bits per heavy atom. The predicted octanol–water partition coefficient (Wildman–Crippen LogP) is 5.77. The molecule has 8 heteroatoms. The number of anilines is 1. The molecule has 0 unspecified atom stereocenters. The van der Waals surface area contributed by atoms with Gasteiger partial charge in [0.2, 0.25) is 5.91 Å². The van der Waals surface area contributed by atoms with E-state index in [0.29, 0.717) is 16.0 Å². The number of rotatable bonds is 6. The predicted molar refractivity (Wildman–Crippen MR) is 122 cm³/mol. The van der Waals surface area contributed by atoms with E-state index in [0.717, 1.165) is 16.8 Å². The molecular formula is C23H18ClFN4OS. The molecule has 0 aliphatic heterocycles. The first-order valence-electron chi connectivity index (χ1n) is 9.47. The summed E-state index contributed by atoms with van der Waals surface area (Å²) in [6.07, 6.45) is 0. The average molecular weight is 453 g/mol. The molecule has 4 rings (SSSR count). The van der Waals surface area contributed by atoms with E-state index in [2.05, 4.69) is 15.5 Å². The number of carbonyl (C=O) groups excluding carboxylic acids is 1. The molecule has 1 N–H and O–H groups in total. The first-order chi connectivity index (χ1) is 15.0. The molecule has 0 saturated carbocycles. The maximum absolute atomic E-state index is 13.8. The lowest BCUT2D eigenvalue weighted by Crippen LogP contribution is -2.15. The minimum Gasteiger partial charge on any atom is -0.323 e. The van der Waals surface area contributed by atoms with E-state index in [1.807, 2.05) is 47.9 Å². The summed E-state index contributed by atoms with van der Waals surface area (Å²) in [6.45, 7) is 2.01. The van der Waals surface area contributed by atoms with Gasteiger partial charge in [-0.2, -0.15) is 0 Å². The van der Waals surface area contributed by atoms with Crippen molar-refractivity contribution in [3.8, 4) is 17.1 Å². The lowest BCUT2D eigenvalue weighted by molar-refractivity contribution is -0.113. The van der Waals surface area contributed by atoms with Crippen molar-refractivity contribution < 1.29 is 9.18 Å². The van der Waals surface area contributed by atoms with Crippen LogP contribution in [0.3, 0.4) is 0 Å². The lowest BCUT2D eigenvalue weighted by Gasteiger charge is -2.11. The van der Waals surface area contributed by atoms with Gasteiger partial charge in [0, 0.05) is 16.3 Å². The SMILES string of the molecule is Cc1ccc(-n2c(SCC(=O)Nc3ccccc3F)nnc2-c2ccc(Cl)cc2)cc1. The molecule has 0 spiro atoms. The first kappa shape index (κ1) is 21.1. The summed E-state index contributed by atoms with van der Waals surface area (Å²) in [4.78, 5) is 12.4. The van der Waals surface area contributed by atoms with Gasteiger partial charge in [0.1, 0.15) is 5.82 Å². The topological polar surface area (TPSA) is 59.8 Å². The second-order valence-electron chi connectivity index (χ2n) is 6.80. The van der Waals surface area contributed by atoms with Crippen molar-refractivity contribution in [3.63, 3.8) is 0 Å². The highest BCUT2D eigenvalue weighted by molar-refractivity contribution is 7.99. The number of carbonyl (C=O) groups is 1. The van der Waals surface area contributed by atoms with Gasteiger partial charge in [-0.3, -0.25) is 9.36 Å². The Hall–Kier alpha value is -3.16. The van der Waals surface area contributed by atoms with Crippen LogP contribution in [-0.2, 0) is 4.79 Å². The quantitative estimate of drug-likeness (QED) is 0.377. The second-order valence-corrected chi connectivity index (χ2v) is 8.18. The third-order valence-corrected chi connectivity index (χ3v) is 5.69.